The Kier molecular flexibility index (Phi) is 6.88. The van der Waals surface area contributed by atoms with Gasteiger partial charge in [-0.1, -0.05) is 86.6 Å². The molecule has 7 rings (SSSR count). The molecule has 0 aromatic heterocycles. The topological polar surface area (TPSA) is 86.8 Å². The Hall–Kier alpha value is -5.04. The van der Waals surface area contributed by atoms with E-state index in [-0.39, 0.29) is 42.4 Å². The third kappa shape index (κ3) is 4.42. The molecule has 7 nitrogen and oxygen atoms in total. The van der Waals surface area contributed by atoms with E-state index in [1.807, 2.05) is 98.8 Å². The molecule has 0 radical (unpaired) electrons. The standard InChI is InChI=1S/C37H33N3O4/c1-3-32(42)40-29(21-31(41)38-25-18-17-23-11-7-8-12-24(23)20-25)27-15-9-10-16-28(27)34-30(40)19-22(2)33-35(34)37(44)39(36(33)43)26-13-5-4-6-14-26/h4-18,20,22,29,33,35H,3,19,21H2,1-2H3,(H,38,41)/t22-,29+,33-,35-/m1/s1. The second-order valence-corrected chi connectivity index (χ2v) is 11.9. The Morgan fingerprint density at radius 3 is 2.32 bits per heavy atom. The maximum Gasteiger partial charge on any atom is 0.242 e. The number of allylic oxidation sites excluding steroid dienone is 1. The van der Waals surface area contributed by atoms with Gasteiger partial charge in [-0.05, 0) is 64.1 Å². The van der Waals surface area contributed by atoms with Crippen LogP contribution < -0.4 is 10.2 Å². The summed E-state index contributed by atoms with van der Waals surface area (Å²) in [6.45, 7) is 3.80. The lowest BCUT2D eigenvalue weighted by molar-refractivity contribution is -0.132. The highest BCUT2D eigenvalue weighted by Gasteiger charge is 2.57. The zero-order chi connectivity index (χ0) is 30.5. The van der Waals surface area contributed by atoms with Crippen LogP contribution >= 0.6 is 0 Å². The smallest absolute Gasteiger partial charge is 0.242 e. The predicted molar refractivity (Wildman–Crippen MR) is 170 cm³/mol. The van der Waals surface area contributed by atoms with Gasteiger partial charge in [0.15, 0.2) is 0 Å². The van der Waals surface area contributed by atoms with Gasteiger partial charge in [-0.3, -0.25) is 19.2 Å². The number of hydrogen-bond acceptors (Lipinski definition) is 4. The third-order valence-electron chi connectivity index (χ3n) is 9.31. The Balaban J connectivity index is 1.29. The maximum absolute atomic E-state index is 14.2. The summed E-state index contributed by atoms with van der Waals surface area (Å²) in [5.74, 6) is -2.19. The van der Waals surface area contributed by atoms with Crippen molar-refractivity contribution in [3.05, 3.63) is 114 Å². The van der Waals surface area contributed by atoms with E-state index < -0.39 is 17.9 Å². The first-order valence-corrected chi connectivity index (χ1v) is 15.2. The minimum Gasteiger partial charge on any atom is -0.326 e. The lowest BCUT2D eigenvalue weighted by atomic mass is 9.67. The van der Waals surface area contributed by atoms with Crippen molar-refractivity contribution in [3.63, 3.8) is 0 Å². The molecule has 1 N–H and O–H groups in total. The Morgan fingerprint density at radius 2 is 1.55 bits per heavy atom. The van der Waals surface area contributed by atoms with Gasteiger partial charge in [0, 0.05) is 17.8 Å². The van der Waals surface area contributed by atoms with Gasteiger partial charge in [-0.25, -0.2) is 4.90 Å². The SMILES string of the molecule is CCC(=O)N1C2=C(c3ccccc3[C@@H]1CC(=O)Nc1ccc3ccccc3c1)[C@@H]1C(=O)N(c3ccccc3)C(=O)[C@@H]1[C@H](C)C2. The summed E-state index contributed by atoms with van der Waals surface area (Å²) < 4.78 is 0. The molecule has 7 heteroatoms. The molecule has 1 saturated heterocycles. The molecule has 220 valence electrons. The lowest BCUT2D eigenvalue weighted by Gasteiger charge is -2.45. The van der Waals surface area contributed by atoms with Crippen LogP contribution in [-0.2, 0) is 19.2 Å². The lowest BCUT2D eigenvalue weighted by Crippen LogP contribution is -2.44. The summed E-state index contributed by atoms with van der Waals surface area (Å²) >= 11 is 0. The second kappa shape index (κ2) is 10.9. The van der Waals surface area contributed by atoms with Crippen molar-refractivity contribution in [1.29, 1.82) is 0 Å². The van der Waals surface area contributed by atoms with E-state index in [1.165, 1.54) is 4.90 Å². The van der Waals surface area contributed by atoms with Crippen molar-refractivity contribution in [1.82, 2.24) is 4.90 Å². The number of benzene rings is 4. The number of para-hydroxylation sites is 1. The second-order valence-electron chi connectivity index (χ2n) is 11.9. The number of rotatable bonds is 5. The summed E-state index contributed by atoms with van der Waals surface area (Å²) in [6, 6.07) is 30.0. The summed E-state index contributed by atoms with van der Waals surface area (Å²) in [4.78, 5) is 58.4. The van der Waals surface area contributed by atoms with E-state index in [4.69, 9.17) is 0 Å². The van der Waals surface area contributed by atoms with Crippen molar-refractivity contribution in [2.45, 2.75) is 39.2 Å². The van der Waals surface area contributed by atoms with E-state index in [1.54, 1.807) is 17.0 Å². The van der Waals surface area contributed by atoms with Crippen LogP contribution in [0.3, 0.4) is 0 Å². The minimum atomic E-state index is -0.706. The van der Waals surface area contributed by atoms with Gasteiger partial charge >= 0.3 is 0 Å². The number of carbonyl (C=O) groups is 4. The number of nitrogens with zero attached hydrogens (tertiary/aromatic N) is 2. The fourth-order valence-corrected chi connectivity index (χ4v) is 7.38. The maximum atomic E-state index is 14.2. The van der Waals surface area contributed by atoms with Crippen LogP contribution in [0.4, 0.5) is 11.4 Å². The average Bonchev–Trinajstić information content (AvgIpc) is 3.31. The average molecular weight is 584 g/mol. The fraction of sp³-hybridized carbons (Fsp3) is 0.243. The van der Waals surface area contributed by atoms with Crippen molar-refractivity contribution in [2.75, 3.05) is 10.2 Å². The number of amides is 4. The monoisotopic (exact) mass is 583 g/mol. The number of hydrogen-bond donors (Lipinski definition) is 1. The third-order valence-corrected chi connectivity index (χ3v) is 9.31. The van der Waals surface area contributed by atoms with Gasteiger partial charge in [0.1, 0.15) is 0 Å². The van der Waals surface area contributed by atoms with Crippen molar-refractivity contribution < 1.29 is 19.2 Å². The Morgan fingerprint density at radius 1 is 0.841 bits per heavy atom. The molecule has 1 aliphatic carbocycles. The molecule has 4 aromatic rings. The van der Waals surface area contributed by atoms with Crippen LogP contribution in [0.5, 0.6) is 0 Å². The summed E-state index contributed by atoms with van der Waals surface area (Å²) in [7, 11) is 0. The molecule has 2 heterocycles. The molecule has 0 bridgehead atoms. The van der Waals surface area contributed by atoms with E-state index in [0.29, 0.717) is 17.8 Å². The molecule has 3 aliphatic rings. The van der Waals surface area contributed by atoms with Gasteiger partial charge in [0.2, 0.25) is 23.6 Å². The van der Waals surface area contributed by atoms with Crippen LogP contribution in [0.15, 0.2) is 103 Å². The zero-order valence-corrected chi connectivity index (χ0v) is 24.7. The van der Waals surface area contributed by atoms with Gasteiger partial charge in [0.05, 0.1) is 30.0 Å². The first-order valence-electron chi connectivity index (χ1n) is 15.2. The number of carbonyl (C=O) groups excluding carboxylic acids is 4. The van der Waals surface area contributed by atoms with E-state index in [9.17, 15) is 19.2 Å². The number of fused-ring (bicyclic) bond motifs is 5. The number of nitrogens with one attached hydrogen (secondary N) is 1. The first kappa shape index (κ1) is 27.8. The Labute approximate surface area is 256 Å². The minimum absolute atomic E-state index is 0.0534. The highest BCUT2D eigenvalue weighted by atomic mass is 16.2. The quantitative estimate of drug-likeness (QED) is 0.264. The highest BCUT2D eigenvalue weighted by molar-refractivity contribution is 6.25. The summed E-state index contributed by atoms with van der Waals surface area (Å²) in [6.07, 6.45) is 0.756. The van der Waals surface area contributed by atoms with Gasteiger partial charge in [0.25, 0.3) is 0 Å². The molecule has 0 spiro atoms. The molecule has 0 saturated carbocycles. The van der Waals surface area contributed by atoms with Crippen LogP contribution in [0.25, 0.3) is 16.3 Å². The number of imide groups is 1. The molecule has 0 unspecified atom stereocenters. The molecular formula is C37H33N3O4. The van der Waals surface area contributed by atoms with Gasteiger partial charge in [-0.15, -0.1) is 0 Å². The summed E-state index contributed by atoms with van der Waals surface area (Å²) in [5, 5.41) is 5.16. The molecule has 4 atom stereocenters. The van der Waals surface area contributed by atoms with Crippen LogP contribution in [0.1, 0.15) is 50.3 Å². The van der Waals surface area contributed by atoms with Crippen molar-refractivity contribution in [2.24, 2.45) is 17.8 Å². The Bertz CT molecular complexity index is 1860. The zero-order valence-electron chi connectivity index (χ0n) is 24.7. The molecular weight excluding hydrogens is 550 g/mol. The predicted octanol–water partition coefficient (Wildman–Crippen LogP) is 6.72. The van der Waals surface area contributed by atoms with Crippen molar-refractivity contribution >= 4 is 51.3 Å². The first-order chi connectivity index (χ1) is 21.4. The molecule has 44 heavy (non-hydrogen) atoms. The number of anilines is 2. The molecule has 4 aromatic carbocycles. The van der Waals surface area contributed by atoms with E-state index in [0.717, 1.165) is 33.2 Å². The van der Waals surface area contributed by atoms with Crippen LogP contribution in [-0.4, -0.2) is 28.5 Å². The normalized spacial score (nSPS) is 22.5. The molecule has 4 amide bonds. The molecule has 2 aliphatic heterocycles. The molecule has 1 fully saturated rings. The van der Waals surface area contributed by atoms with Gasteiger partial charge < -0.3 is 10.2 Å². The van der Waals surface area contributed by atoms with E-state index in [2.05, 4.69) is 5.32 Å². The fourth-order valence-electron chi connectivity index (χ4n) is 7.38. The van der Waals surface area contributed by atoms with Crippen LogP contribution in [0, 0.1) is 17.8 Å². The van der Waals surface area contributed by atoms with Gasteiger partial charge in [-0.2, -0.15) is 0 Å². The van der Waals surface area contributed by atoms with E-state index >= 15 is 0 Å². The summed E-state index contributed by atoms with van der Waals surface area (Å²) in [5.41, 5.74) is 4.39. The van der Waals surface area contributed by atoms with Crippen molar-refractivity contribution in [3.8, 4) is 0 Å². The largest absolute Gasteiger partial charge is 0.326 e. The highest BCUT2D eigenvalue weighted by Crippen LogP contribution is 2.55. The van der Waals surface area contributed by atoms with Crippen LogP contribution in [0.2, 0.25) is 0 Å².